The number of amidine groups is 1. The van der Waals surface area contributed by atoms with Crippen molar-refractivity contribution in [3.8, 4) is 0 Å². The van der Waals surface area contributed by atoms with Gasteiger partial charge in [-0.1, -0.05) is 11.6 Å². The summed E-state index contributed by atoms with van der Waals surface area (Å²) in [6, 6.07) is 7.03. The highest BCUT2D eigenvalue weighted by Crippen LogP contribution is 2.30. The Labute approximate surface area is 184 Å². The SMILES string of the molecule is Cc1c(Cl)cc(S(=O)(=O)Nc2ccc(S(=O)(=O)/N=C3/CCCN3C)cc2)cc1[N+](=O)[O-]. The monoisotopic (exact) mass is 486 g/mol. The van der Waals surface area contributed by atoms with Crippen molar-refractivity contribution in [3.05, 3.63) is 57.1 Å². The largest absolute Gasteiger partial charge is 0.362 e. The van der Waals surface area contributed by atoms with Crippen LogP contribution in [0.25, 0.3) is 0 Å². The molecule has 1 N–H and O–H groups in total. The van der Waals surface area contributed by atoms with Crippen LogP contribution in [0.1, 0.15) is 18.4 Å². The lowest BCUT2D eigenvalue weighted by molar-refractivity contribution is -0.385. The second-order valence-corrected chi connectivity index (χ2v) is 10.6. The molecule has 166 valence electrons. The number of sulfonamides is 2. The van der Waals surface area contributed by atoms with Crippen LogP contribution in [0.3, 0.4) is 0 Å². The topological polar surface area (TPSA) is 139 Å². The number of nitrogens with zero attached hydrogens (tertiary/aromatic N) is 3. The Hall–Kier alpha value is -2.70. The average Bonchev–Trinajstić information content (AvgIpc) is 3.07. The van der Waals surface area contributed by atoms with Crippen LogP contribution >= 0.6 is 11.6 Å². The van der Waals surface area contributed by atoms with Gasteiger partial charge in [0.1, 0.15) is 5.84 Å². The van der Waals surface area contributed by atoms with Crippen molar-refractivity contribution in [2.75, 3.05) is 18.3 Å². The lowest BCUT2D eigenvalue weighted by atomic mass is 10.2. The Balaban J connectivity index is 1.86. The van der Waals surface area contributed by atoms with Crippen molar-refractivity contribution >= 4 is 48.9 Å². The van der Waals surface area contributed by atoms with Crippen molar-refractivity contribution in [3.63, 3.8) is 0 Å². The summed E-state index contributed by atoms with van der Waals surface area (Å²) in [5.74, 6) is 0.475. The van der Waals surface area contributed by atoms with E-state index < -0.39 is 30.7 Å². The Morgan fingerprint density at radius 2 is 1.77 bits per heavy atom. The number of nitro benzene ring substituents is 1. The standard InChI is InChI=1S/C18H19ClN4O6S2/c1-12-16(19)10-15(11-17(12)23(24)25)31(28,29)20-13-5-7-14(8-6-13)30(26,27)21-18-4-3-9-22(18)2/h5-8,10-11,20H,3-4,9H2,1-2H3/b21-18-. The molecule has 13 heteroatoms. The maximum Gasteiger partial charge on any atom is 0.283 e. The fraction of sp³-hybridized carbons (Fsp3) is 0.278. The van der Waals surface area contributed by atoms with Crippen molar-refractivity contribution < 1.29 is 21.8 Å². The number of hydrogen-bond donors (Lipinski definition) is 1. The van der Waals surface area contributed by atoms with Crippen LogP contribution in [-0.2, 0) is 20.0 Å². The molecule has 10 nitrogen and oxygen atoms in total. The van der Waals surface area contributed by atoms with Crippen LogP contribution in [0, 0.1) is 17.0 Å². The molecule has 0 aliphatic carbocycles. The first-order valence-corrected chi connectivity index (χ1v) is 12.3. The third-order valence-corrected chi connectivity index (χ3v) is 7.83. The summed E-state index contributed by atoms with van der Waals surface area (Å²) >= 11 is 5.94. The van der Waals surface area contributed by atoms with Gasteiger partial charge in [-0.25, -0.2) is 8.42 Å². The number of nitro groups is 1. The molecule has 0 atom stereocenters. The molecule has 0 radical (unpaired) electrons. The van der Waals surface area contributed by atoms with E-state index in [2.05, 4.69) is 9.12 Å². The number of anilines is 1. The number of benzene rings is 2. The number of hydrogen-bond acceptors (Lipinski definition) is 6. The third-order valence-electron chi connectivity index (χ3n) is 4.76. The first-order valence-electron chi connectivity index (χ1n) is 9.03. The van der Waals surface area contributed by atoms with Gasteiger partial charge in [0, 0.05) is 37.3 Å². The van der Waals surface area contributed by atoms with E-state index in [0.717, 1.165) is 25.1 Å². The Morgan fingerprint density at radius 3 is 2.32 bits per heavy atom. The van der Waals surface area contributed by atoms with E-state index in [-0.39, 0.29) is 26.1 Å². The molecule has 0 unspecified atom stereocenters. The number of rotatable bonds is 6. The highest BCUT2D eigenvalue weighted by molar-refractivity contribution is 7.92. The van der Waals surface area contributed by atoms with Crippen LogP contribution in [-0.4, -0.2) is 46.1 Å². The number of halogens is 1. The van der Waals surface area contributed by atoms with E-state index in [1.54, 1.807) is 11.9 Å². The smallest absolute Gasteiger partial charge is 0.283 e. The third kappa shape index (κ3) is 4.97. The maximum absolute atomic E-state index is 12.7. The molecule has 0 amide bonds. The molecule has 0 spiro atoms. The summed E-state index contributed by atoms with van der Waals surface area (Å²) in [6.45, 7) is 2.15. The fourth-order valence-corrected chi connectivity index (χ4v) is 5.47. The van der Waals surface area contributed by atoms with Gasteiger partial charge in [0.05, 0.1) is 19.7 Å². The van der Waals surface area contributed by atoms with Crippen molar-refractivity contribution in [1.82, 2.24) is 4.90 Å². The van der Waals surface area contributed by atoms with Gasteiger partial charge in [0.25, 0.3) is 25.7 Å². The summed E-state index contributed by atoms with van der Waals surface area (Å²) in [7, 11) is -6.38. The van der Waals surface area contributed by atoms with Crippen molar-refractivity contribution in [2.24, 2.45) is 4.40 Å². The Kier molecular flexibility index (Phi) is 6.25. The van der Waals surface area contributed by atoms with Gasteiger partial charge in [-0.15, -0.1) is 4.40 Å². The molecule has 1 aliphatic rings. The molecule has 0 aromatic heterocycles. The molecule has 1 aliphatic heterocycles. The minimum atomic E-state index is -4.21. The fourth-order valence-electron chi connectivity index (χ4n) is 3.00. The molecule has 0 saturated carbocycles. The zero-order valence-corrected chi connectivity index (χ0v) is 19.0. The summed E-state index contributed by atoms with van der Waals surface area (Å²) < 4.78 is 56.4. The zero-order valence-electron chi connectivity index (χ0n) is 16.6. The summed E-state index contributed by atoms with van der Waals surface area (Å²) in [4.78, 5) is 11.7. The normalized spacial score (nSPS) is 16.0. The van der Waals surface area contributed by atoms with E-state index >= 15 is 0 Å². The van der Waals surface area contributed by atoms with Crippen molar-refractivity contribution in [2.45, 2.75) is 29.6 Å². The summed E-state index contributed by atoms with van der Waals surface area (Å²) in [5, 5.41) is 11.1. The van der Waals surface area contributed by atoms with Crippen LogP contribution in [0.2, 0.25) is 5.02 Å². The Morgan fingerprint density at radius 1 is 1.13 bits per heavy atom. The minimum Gasteiger partial charge on any atom is -0.362 e. The van der Waals surface area contributed by atoms with Gasteiger partial charge in [-0.2, -0.15) is 8.42 Å². The van der Waals surface area contributed by atoms with E-state index in [4.69, 9.17) is 11.6 Å². The van der Waals surface area contributed by atoms with Gasteiger partial charge in [0.2, 0.25) is 0 Å². The van der Waals surface area contributed by atoms with Crippen LogP contribution < -0.4 is 4.72 Å². The van der Waals surface area contributed by atoms with E-state index in [1.165, 1.54) is 31.2 Å². The predicted molar refractivity (Wildman–Crippen MR) is 117 cm³/mol. The maximum atomic E-state index is 12.7. The molecule has 1 heterocycles. The van der Waals surface area contributed by atoms with Gasteiger partial charge >= 0.3 is 0 Å². The van der Waals surface area contributed by atoms with Gasteiger partial charge < -0.3 is 4.90 Å². The molecule has 0 bridgehead atoms. The van der Waals surface area contributed by atoms with E-state index in [9.17, 15) is 26.9 Å². The summed E-state index contributed by atoms with van der Waals surface area (Å²) in [6.07, 6.45) is 1.39. The minimum absolute atomic E-state index is 0.0630. The second-order valence-electron chi connectivity index (χ2n) is 6.94. The van der Waals surface area contributed by atoms with E-state index in [1.807, 2.05) is 0 Å². The average molecular weight is 487 g/mol. The quantitative estimate of drug-likeness (QED) is 0.488. The van der Waals surface area contributed by atoms with Crippen LogP contribution in [0.4, 0.5) is 11.4 Å². The lowest BCUT2D eigenvalue weighted by Crippen LogP contribution is -2.20. The molecule has 2 aromatic carbocycles. The van der Waals surface area contributed by atoms with Gasteiger partial charge in [0.15, 0.2) is 0 Å². The van der Waals surface area contributed by atoms with Crippen LogP contribution in [0.15, 0.2) is 50.6 Å². The molecule has 3 rings (SSSR count). The predicted octanol–water partition coefficient (Wildman–Crippen LogP) is 3.17. The molecular weight excluding hydrogens is 468 g/mol. The summed E-state index contributed by atoms with van der Waals surface area (Å²) in [5.41, 5.74) is -0.205. The second kappa shape index (κ2) is 8.44. The van der Waals surface area contributed by atoms with Gasteiger partial charge in [-0.05, 0) is 43.7 Å². The molecule has 1 saturated heterocycles. The first kappa shape index (κ1) is 23.0. The molecule has 2 aromatic rings. The van der Waals surface area contributed by atoms with Crippen molar-refractivity contribution in [1.29, 1.82) is 0 Å². The van der Waals surface area contributed by atoms with Crippen LogP contribution in [0.5, 0.6) is 0 Å². The zero-order chi connectivity index (χ0) is 23.0. The highest BCUT2D eigenvalue weighted by Gasteiger charge is 2.24. The number of likely N-dealkylation sites (tertiary alicyclic amines) is 1. The lowest BCUT2D eigenvalue weighted by Gasteiger charge is -2.12. The molecule has 1 fully saturated rings. The molecule has 31 heavy (non-hydrogen) atoms. The number of nitrogens with one attached hydrogen (secondary N) is 1. The first-order chi connectivity index (χ1) is 14.4. The van der Waals surface area contributed by atoms with Gasteiger partial charge in [-0.3, -0.25) is 14.8 Å². The molecular formula is C18H19ClN4O6S2. The van der Waals surface area contributed by atoms with E-state index in [0.29, 0.717) is 12.3 Å². The Bertz CT molecular complexity index is 1270. The highest BCUT2D eigenvalue weighted by atomic mass is 35.5.